The molecule has 0 heterocycles. The van der Waals surface area contributed by atoms with E-state index in [1.165, 1.54) is 18.2 Å². The predicted octanol–water partition coefficient (Wildman–Crippen LogP) is 3.14. The van der Waals surface area contributed by atoms with Gasteiger partial charge in [-0.25, -0.2) is 4.79 Å². The van der Waals surface area contributed by atoms with E-state index < -0.39 is 33.1 Å². The predicted molar refractivity (Wildman–Crippen MR) is 78.7 cm³/mol. The van der Waals surface area contributed by atoms with Crippen LogP contribution >= 0.6 is 0 Å². The Kier molecular flexibility index (Phi) is 5.21. The third-order valence-electron chi connectivity index (χ3n) is 2.79. The number of esters is 1. The molecule has 2 aromatic carbocycles. The average molecular weight is 376 g/mol. The van der Waals surface area contributed by atoms with Crippen LogP contribution < -0.4 is 8.92 Å². The van der Waals surface area contributed by atoms with Gasteiger partial charge in [-0.05, 0) is 30.3 Å². The van der Waals surface area contributed by atoms with Crippen LogP contribution in [-0.4, -0.2) is 27.9 Å². The number of hydrogen-bond donors (Lipinski definition) is 0. The van der Waals surface area contributed by atoms with E-state index in [9.17, 15) is 26.4 Å². The van der Waals surface area contributed by atoms with E-state index in [0.29, 0.717) is 6.07 Å². The summed E-state index contributed by atoms with van der Waals surface area (Å²) in [5, 5.41) is 0. The molecule has 0 amide bonds. The summed E-state index contributed by atoms with van der Waals surface area (Å²) in [5.74, 6) is -1.62. The summed E-state index contributed by atoms with van der Waals surface area (Å²) < 4.78 is 74.1. The molecular weight excluding hydrogens is 365 g/mol. The van der Waals surface area contributed by atoms with Crippen molar-refractivity contribution in [3.8, 4) is 11.5 Å². The molecular formula is C15H11F3O6S. The van der Waals surface area contributed by atoms with Gasteiger partial charge in [-0.15, -0.1) is 13.2 Å². The number of carbonyl (C=O) groups excluding carboxylic acids is 1. The highest BCUT2D eigenvalue weighted by molar-refractivity contribution is 7.87. The second kappa shape index (κ2) is 7.01. The highest BCUT2D eigenvalue weighted by Gasteiger charge is 2.31. The Morgan fingerprint density at radius 3 is 2.28 bits per heavy atom. The van der Waals surface area contributed by atoms with Gasteiger partial charge >= 0.3 is 22.4 Å². The second-order valence-corrected chi connectivity index (χ2v) is 6.13. The molecule has 134 valence electrons. The number of methoxy groups -OCH3 is 1. The van der Waals surface area contributed by atoms with Crippen LogP contribution in [0, 0.1) is 0 Å². The zero-order valence-electron chi connectivity index (χ0n) is 12.6. The molecule has 0 aliphatic heterocycles. The molecule has 2 aromatic rings. The normalized spacial score (nSPS) is 11.7. The summed E-state index contributed by atoms with van der Waals surface area (Å²) in [6.07, 6.45) is -4.96. The van der Waals surface area contributed by atoms with Crippen molar-refractivity contribution in [3.05, 3.63) is 54.1 Å². The molecule has 0 saturated heterocycles. The van der Waals surface area contributed by atoms with Crippen molar-refractivity contribution in [1.29, 1.82) is 0 Å². The lowest BCUT2D eigenvalue weighted by Gasteiger charge is -2.11. The first-order valence-electron chi connectivity index (χ1n) is 6.59. The minimum absolute atomic E-state index is 0.0457. The average Bonchev–Trinajstić information content (AvgIpc) is 2.52. The number of alkyl halides is 3. The van der Waals surface area contributed by atoms with Crippen LogP contribution in [0.25, 0.3) is 0 Å². The summed E-state index contributed by atoms with van der Waals surface area (Å²) in [7, 11) is -3.29. The van der Waals surface area contributed by atoms with E-state index in [1.807, 2.05) is 0 Å². The lowest BCUT2D eigenvalue weighted by molar-refractivity contribution is -0.274. The zero-order valence-corrected chi connectivity index (χ0v) is 13.4. The van der Waals surface area contributed by atoms with Crippen LogP contribution in [0.4, 0.5) is 13.2 Å². The van der Waals surface area contributed by atoms with E-state index in [4.69, 9.17) is 4.18 Å². The Labute approximate surface area is 140 Å². The van der Waals surface area contributed by atoms with Gasteiger partial charge in [-0.1, -0.05) is 12.1 Å². The van der Waals surface area contributed by atoms with Crippen LogP contribution in [0.15, 0.2) is 53.4 Å². The maximum Gasteiger partial charge on any atom is 0.573 e. The van der Waals surface area contributed by atoms with Crippen LogP contribution in [0.5, 0.6) is 11.5 Å². The fraction of sp³-hybridized carbons (Fsp3) is 0.133. The topological polar surface area (TPSA) is 78.9 Å². The van der Waals surface area contributed by atoms with Crippen molar-refractivity contribution in [2.24, 2.45) is 0 Å². The molecule has 0 bridgehead atoms. The highest BCUT2D eigenvalue weighted by Crippen LogP contribution is 2.26. The Bertz CT molecular complexity index is 877. The first kappa shape index (κ1) is 18.6. The van der Waals surface area contributed by atoms with Crippen LogP contribution in [0.2, 0.25) is 0 Å². The van der Waals surface area contributed by atoms with Gasteiger partial charge in [-0.3, -0.25) is 0 Å². The smallest absolute Gasteiger partial charge is 0.465 e. The summed E-state index contributed by atoms with van der Waals surface area (Å²) >= 11 is 0. The summed E-state index contributed by atoms with van der Waals surface area (Å²) in [6, 6.07) is 8.87. The van der Waals surface area contributed by atoms with Gasteiger partial charge in [0.2, 0.25) is 0 Å². The first-order valence-corrected chi connectivity index (χ1v) is 8.00. The van der Waals surface area contributed by atoms with Gasteiger partial charge in [0.1, 0.15) is 16.4 Å². The van der Waals surface area contributed by atoms with Crippen molar-refractivity contribution in [2.45, 2.75) is 11.3 Å². The van der Waals surface area contributed by atoms with Gasteiger partial charge in [0.05, 0.1) is 12.7 Å². The fourth-order valence-electron chi connectivity index (χ4n) is 1.79. The third-order valence-corrected chi connectivity index (χ3v) is 4.03. The molecule has 0 unspecified atom stereocenters. The van der Waals surface area contributed by atoms with E-state index in [1.54, 1.807) is 0 Å². The number of rotatable bonds is 5. The number of ether oxygens (including phenoxy) is 2. The highest BCUT2D eigenvalue weighted by atomic mass is 32.2. The van der Waals surface area contributed by atoms with Gasteiger partial charge < -0.3 is 13.7 Å². The van der Waals surface area contributed by atoms with Gasteiger partial charge in [0.15, 0.2) is 0 Å². The molecule has 0 N–H and O–H groups in total. The number of halogens is 3. The SMILES string of the molecule is COC(=O)c1cccc(OS(=O)(=O)c2cccc(OC(F)(F)F)c2)c1. The Morgan fingerprint density at radius 1 is 1.00 bits per heavy atom. The van der Waals surface area contributed by atoms with E-state index in [0.717, 1.165) is 31.4 Å². The molecule has 2 rings (SSSR count). The molecule has 0 aromatic heterocycles. The van der Waals surface area contributed by atoms with E-state index in [-0.39, 0.29) is 11.3 Å². The molecule has 6 nitrogen and oxygen atoms in total. The van der Waals surface area contributed by atoms with E-state index >= 15 is 0 Å². The van der Waals surface area contributed by atoms with Gasteiger partial charge in [0, 0.05) is 6.07 Å². The Balaban J connectivity index is 2.28. The maximum atomic E-state index is 12.2. The largest absolute Gasteiger partial charge is 0.573 e. The summed E-state index contributed by atoms with van der Waals surface area (Å²) in [6.45, 7) is 0. The van der Waals surface area contributed by atoms with Crippen molar-refractivity contribution < 1.29 is 40.0 Å². The third kappa shape index (κ3) is 5.11. The quantitative estimate of drug-likeness (QED) is 0.589. The van der Waals surface area contributed by atoms with Crippen molar-refractivity contribution >= 4 is 16.1 Å². The lowest BCUT2D eigenvalue weighted by Crippen LogP contribution is -2.17. The van der Waals surface area contributed by atoms with Gasteiger partial charge in [0.25, 0.3) is 0 Å². The standard InChI is InChI=1S/C15H11F3O6S/c1-22-14(19)10-4-2-6-12(8-10)24-25(20,21)13-7-3-5-11(9-13)23-15(16,17)18/h2-9H,1H3. The minimum Gasteiger partial charge on any atom is -0.465 e. The monoisotopic (exact) mass is 376 g/mol. The number of hydrogen-bond acceptors (Lipinski definition) is 6. The van der Waals surface area contributed by atoms with E-state index in [2.05, 4.69) is 9.47 Å². The molecule has 0 saturated carbocycles. The molecule has 0 aliphatic carbocycles. The maximum absolute atomic E-state index is 12.2. The van der Waals surface area contributed by atoms with Crippen molar-refractivity contribution in [2.75, 3.05) is 7.11 Å². The van der Waals surface area contributed by atoms with Crippen molar-refractivity contribution in [1.82, 2.24) is 0 Å². The molecule has 25 heavy (non-hydrogen) atoms. The van der Waals surface area contributed by atoms with Crippen molar-refractivity contribution in [3.63, 3.8) is 0 Å². The molecule has 0 radical (unpaired) electrons. The Hall–Kier alpha value is -2.75. The van der Waals surface area contributed by atoms with Crippen LogP contribution in [-0.2, 0) is 14.9 Å². The van der Waals surface area contributed by atoms with Crippen LogP contribution in [0.1, 0.15) is 10.4 Å². The summed E-state index contributed by atoms with van der Waals surface area (Å²) in [4.78, 5) is 10.9. The molecule has 0 aliphatic rings. The lowest BCUT2D eigenvalue weighted by atomic mass is 10.2. The summed E-state index contributed by atoms with van der Waals surface area (Å²) in [5.41, 5.74) is 0.0457. The zero-order chi connectivity index (χ0) is 18.7. The second-order valence-electron chi connectivity index (χ2n) is 4.58. The molecule has 10 heteroatoms. The number of benzene rings is 2. The molecule has 0 atom stereocenters. The molecule has 0 fully saturated rings. The fourth-order valence-corrected chi connectivity index (χ4v) is 2.75. The van der Waals surface area contributed by atoms with Gasteiger partial charge in [-0.2, -0.15) is 8.42 Å². The Morgan fingerprint density at radius 2 is 1.64 bits per heavy atom. The minimum atomic E-state index is -4.96. The molecule has 0 spiro atoms. The first-order chi connectivity index (χ1) is 11.6. The number of carbonyl (C=O) groups is 1. The van der Waals surface area contributed by atoms with Crippen LogP contribution in [0.3, 0.4) is 0 Å².